The minimum absolute atomic E-state index is 0.0182. The summed E-state index contributed by atoms with van der Waals surface area (Å²) in [4.78, 5) is 30.7. The summed E-state index contributed by atoms with van der Waals surface area (Å²) in [6.07, 6.45) is 4.17. The second kappa shape index (κ2) is 7.74. The number of aromatic nitrogens is 4. The van der Waals surface area contributed by atoms with Crippen molar-refractivity contribution in [3.63, 3.8) is 0 Å². The molecule has 9 heteroatoms. The Labute approximate surface area is 171 Å². The Kier molecular flexibility index (Phi) is 5.11. The van der Waals surface area contributed by atoms with Gasteiger partial charge in [-0.15, -0.1) is 0 Å². The van der Waals surface area contributed by atoms with Crippen molar-refractivity contribution < 1.29 is 18.3 Å². The van der Waals surface area contributed by atoms with Crippen molar-refractivity contribution in [1.82, 2.24) is 19.9 Å². The van der Waals surface area contributed by atoms with Gasteiger partial charge in [0.15, 0.2) is 34.9 Å². The van der Waals surface area contributed by atoms with Gasteiger partial charge in [-0.3, -0.25) is 9.69 Å². The van der Waals surface area contributed by atoms with Crippen LogP contribution in [0.2, 0.25) is 0 Å². The van der Waals surface area contributed by atoms with Crippen LogP contribution in [0.4, 0.5) is 14.6 Å². The Balaban J connectivity index is 1.80. The predicted octanol–water partition coefficient (Wildman–Crippen LogP) is 4.11. The maximum absolute atomic E-state index is 14.7. The summed E-state index contributed by atoms with van der Waals surface area (Å²) in [5.41, 5.74) is 0.723. The first-order valence-electron chi connectivity index (χ1n) is 9.54. The van der Waals surface area contributed by atoms with E-state index in [1.807, 2.05) is 6.92 Å². The Morgan fingerprint density at radius 3 is 2.50 bits per heavy atom. The van der Waals surface area contributed by atoms with E-state index in [9.17, 15) is 13.6 Å². The number of carbonyl (C=O) groups is 1. The summed E-state index contributed by atoms with van der Waals surface area (Å²) in [5, 5.41) is 0. The van der Waals surface area contributed by atoms with E-state index in [0.717, 1.165) is 6.20 Å². The van der Waals surface area contributed by atoms with Crippen LogP contribution >= 0.6 is 0 Å². The fraction of sp³-hybridized carbons (Fsp3) is 0.286. The molecule has 1 aliphatic heterocycles. The van der Waals surface area contributed by atoms with Crippen molar-refractivity contribution in [2.75, 3.05) is 4.90 Å². The van der Waals surface area contributed by atoms with Crippen LogP contribution in [0.5, 0.6) is 5.75 Å². The Bertz CT molecular complexity index is 1110. The van der Waals surface area contributed by atoms with Crippen LogP contribution < -0.4 is 9.64 Å². The topological polar surface area (TPSA) is 81.1 Å². The summed E-state index contributed by atoms with van der Waals surface area (Å²) in [5.74, 6) is -1.76. The van der Waals surface area contributed by atoms with Gasteiger partial charge in [-0.25, -0.2) is 28.7 Å². The van der Waals surface area contributed by atoms with Gasteiger partial charge >= 0.3 is 0 Å². The van der Waals surface area contributed by atoms with Gasteiger partial charge < -0.3 is 4.74 Å². The third-order valence-corrected chi connectivity index (χ3v) is 4.69. The van der Waals surface area contributed by atoms with Crippen molar-refractivity contribution in [2.24, 2.45) is 0 Å². The van der Waals surface area contributed by atoms with Gasteiger partial charge in [-0.1, -0.05) is 6.92 Å². The molecule has 2 aromatic heterocycles. The zero-order chi connectivity index (χ0) is 21.4. The smallest absolute Gasteiger partial charge is 0.260 e. The van der Waals surface area contributed by atoms with E-state index in [2.05, 4.69) is 19.9 Å². The third kappa shape index (κ3) is 3.36. The monoisotopic (exact) mass is 411 g/mol. The van der Waals surface area contributed by atoms with Gasteiger partial charge in [0.1, 0.15) is 0 Å². The molecule has 0 saturated heterocycles. The first-order valence-corrected chi connectivity index (χ1v) is 9.54. The number of hydrogen-bond acceptors (Lipinski definition) is 6. The van der Waals surface area contributed by atoms with Crippen LogP contribution in [0.25, 0.3) is 11.6 Å². The minimum Gasteiger partial charge on any atom is -0.488 e. The standard InChI is InChI=1S/C21H19F2N5O2/c1-4-16-12-8-14(22)17(30-11(2)3)9-13(12)21(29)28(16)20-15(23)10-26-19(27-20)18-24-6-5-7-25-18/h5-11,16H,4H2,1-3H3/t16-/m1/s1. The molecule has 154 valence electrons. The van der Waals surface area contributed by atoms with Crippen molar-refractivity contribution in [3.8, 4) is 17.4 Å². The fourth-order valence-corrected chi connectivity index (χ4v) is 3.48. The average molecular weight is 411 g/mol. The highest BCUT2D eigenvalue weighted by atomic mass is 19.1. The number of anilines is 1. The number of nitrogens with zero attached hydrogens (tertiary/aromatic N) is 5. The van der Waals surface area contributed by atoms with Crippen LogP contribution in [-0.2, 0) is 0 Å². The lowest BCUT2D eigenvalue weighted by molar-refractivity contribution is 0.0988. The lowest BCUT2D eigenvalue weighted by Crippen LogP contribution is -2.29. The maximum atomic E-state index is 14.7. The van der Waals surface area contributed by atoms with Crippen LogP contribution in [0, 0.1) is 11.6 Å². The molecule has 0 unspecified atom stereocenters. The van der Waals surface area contributed by atoms with E-state index in [-0.39, 0.29) is 34.9 Å². The van der Waals surface area contributed by atoms with Crippen LogP contribution in [0.3, 0.4) is 0 Å². The van der Waals surface area contributed by atoms with Gasteiger partial charge in [-0.05, 0) is 44.0 Å². The number of rotatable bonds is 5. The number of halogens is 2. The first kappa shape index (κ1) is 19.8. The number of benzene rings is 1. The van der Waals surface area contributed by atoms with E-state index in [4.69, 9.17) is 4.74 Å². The molecule has 0 saturated carbocycles. The summed E-state index contributed by atoms with van der Waals surface area (Å²) < 4.78 is 34.7. The van der Waals surface area contributed by atoms with Crippen LogP contribution in [-0.4, -0.2) is 31.9 Å². The highest BCUT2D eigenvalue weighted by Crippen LogP contribution is 2.42. The van der Waals surface area contributed by atoms with Gasteiger partial charge in [0.2, 0.25) is 0 Å². The zero-order valence-corrected chi connectivity index (χ0v) is 16.6. The van der Waals surface area contributed by atoms with E-state index >= 15 is 0 Å². The molecule has 4 rings (SSSR count). The number of fused-ring (bicyclic) bond motifs is 1. The molecule has 1 atom stereocenters. The van der Waals surface area contributed by atoms with E-state index < -0.39 is 23.6 Å². The van der Waals surface area contributed by atoms with E-state index in [0.29, 0.717) is 12.0 Å². The van der Waals surface area contributed by atoms with Crippen molar-refractivity contribution in [2.45, 2.75) is 39.3 Å². The molecule has 1 amide bonds. The molecule has 0 bridgehead atoms. The zero-order valence-electron chi connectivity index (χ0n) is 16.6. The third-order valence-electron chi connectivity index (χ3n) is 4.69. The first-order chi connectivity index (χ1) is 14.4. The number of carbonyl (C=O) groups excluding carboxylic acids is 1. The maximum Gasteiger partial charge on any atom is 0.260 e. The van der Waals surface area contributed by atoms with Gasteiger partial charge in [0.05, 0.1) is 18.3 Å². The van der Waals surface area contributed by atoms with Gasteiger partial charge in [0.25, 0.3) is 5.91 Å². The molecular formula is C21H19F2N5O2. The Morgan fingerprint density at radius 1 is 1.10 bits per heavy atom. The molecule has 0 spiro atoms. The molecule has 7 nitrogen and oxygen atoms in total. The largest absolute Gasteiger partial charge is 0.488 e. The molecule has 0 fully saturated rings. The van der Waals surface area contributed by atoms with Crippen LogP contribution in [0.1, 0.15) is 49.2 Å². The molecule has 0 radical (unpaired) electrons. The Morgan fingerprint density at radius 2 is 1.83 bits per heavy atom. The fourth-order valence-electron chi connectivity index (χ4n) is 3.48. The normalized spacial score (nSPS) is 15.6. The average Bonchev–Trinajstić information content (AvgIpc) is 2.99. The number of ether oxygens (including phenoxy) is 1. The number of amides is 1. The highest BCUT2D eigenvalue weighted by Gasteiger charge is 2.40. The highest BCUT2D eigenvalue weighted by molar-refractivity contribution is 6.11. The van der Waals surface area contributed by atoms with Gasteiger partial charge in [-0.2, -0.15) is 0 Å². The number of hydrogen-bond donors (Lipinski definition) is 0. The molecule has 1 aliphatic rings. The van der Waals surface area contributed by atoms with Crippen LogP contribution in [0.15, 0.2) is 36.8 Å². The van der Waals surface area contributed by atoms with E-state index in [1.165, 1.54) is 29.4 Å². The lowest BCUT2D eigenvalue weighted by atomic mass is 10.0. The lowest BCUT2D eigenvalue weighted by Gasteiger charge is -2.23. The minimum atomic E-state index is -0.770. The summed E-state index contributed by atoms with van der Waals surface area (Å²) in [7, 11) is 0. The van der Waals surface area contributed by atoms with Gasteiger partial charge in [0, 0.05) is 18.0 Å². The van der Waals surface area contributed by atoms with Crippen molar-refractivity contribution in [1.29, 1.82) is 0 Å². The predicted molar refractivity (Wildman–Crippen MR) is 105 cm³/mol. The molecule has 3 heterocycles. The second-order valence-corrected chi connectivity index (χ2v) is 7.07. The molecule has 30 heavy (non-hydrogen) atoms. The molecule has 0 N–H and O–H groups in total. The Hall–Kier alpha value is -3.49. The quantitative estimate of drug-likeness (QED) is 0.629. The summed E-state index contributed by atoms with van der Waals surface area (Å²) in [6.45, 7) is 5.36. The molecular weight excluding hydrogens is 392 g/mol. The molecule has 3 aromatic rings. The summed E-state index contributed by atoms with van der Waals surface area (Å²) >= 11 is 0. The van der Waals surface area contributed by atoms with Crippen molar-refractivity contribution >= 4 is 11.7 Å². The molecule has 1 aromatic carbocycles. The van der Waals surface area contributed by atoms with Crippen molar-refractivity contribution in [3.05, 3.63) is 59.6 Å². The molecule has 0 aliphatic carbocycles. The summed E-state index contributed by atoms with van der Waals surface area (Å²) in [6, 6.07) is 3.70. The SMILES string of the molecule is CC[C@@H]1c2cc(F)c(OC(C)C)cc2C(=O)N1c1nc(-c2ncccn2)ncc1F. The second-order valence-electron chi connectivity index (χ2n) is 7.07. The van der Waals surface area contributed by atoms with E-state index in [1.54, 1.807) is 19.9 Å².